The van der Waals surface area contributed by atoms with Crippen molar-refractivity contribution in [1.82, 2.24) is 0 Å². The van der Waals surface area contributed by atoms with Crippen molar-refractivity contribution in [2.24, 2.45) is 0 Å². The highest BCUT2D eigenvalue weighted by Gasteiger charge is 2.22. The normalized spacial score (nSPS) is 27.5. The molecule has 0 aliphatic heterocycles. The lowest BCUT2D eigenvalue weighted by Crippen LogP contribution is -2.16. The Morgan fingerprint density at radius 1 is 1.00 bits per heavy atom. The van der Waals surface area contributed by atoms with E-state index >= 15 is 0 Å². The molecule has 0 amide bonds. The van der Waals surface area contributed by atoms with Crippen LogP contribution in [0.25, 0.3) is 0 Å². The van der Waals surface area contributed by atoms with Gasteiger partial charge in [0.25, 0.3) is 0 Å². The number of hydrogen-bond donors (Lipinski definition) is 2. The van der Waals surface area contributed by atoms with Crippen LogP contribution in [0.4, 0.5) is 0 Å². The molecule has 1 aromatic carbocycles. The zero-order chi connectivity index (χ0) is 9.97. The molecular weight excluding hydrogens is 176 g/mol. The van der Waals surface area contributed by atoms with Gasteiger partial charge < -0.3 is 10.2 Å². The number of para-hydroxylation sites is 1. The number of phenolic OH excluding ortho intramolecular Hbond substituents is 1. The predicted molar refractivity (Wildman–Crippen MR) is 55.3 cm³/mol. The van der Waals surface area contributed by atoms with Gasteiger partial charge in [-0.3, -0.25) is 0 Å². The molecule has 0 spiro atoms. The average Bonchev–Trinajstić information content (AvgIpc) is 2.20. The van der Waals surface area contributed by atoms with E-state index in [2.05, 4.69) is 0 Å². The molecule has 0 radical (unpaired) electrons. The highest BCUT2D eigenvalue weighted by Crippen LogP contribution is 2.36. The van der Waals surface area contributed by atoms with Gasteiger partial charge in [-0.05, 0) is 43.2 Å². The molecule has 0 aromatic heterocycles. The molecule has 14 heavy (non-hydrogen) atoms. The summed E-state index contributed by atoms with van der Waals surface area (Å²) < 4.78 is 0. The van der Waals surface area contributed by atoms with Crippen LogP contribution in [0, 0.1) is 0 Å². The Labute approximate surface area is 84.2 Å². The Kier molecular flexibility index (Phi) is 2.73. The molecule has 0 saturated heterocycles. The van der Waals surface area contributed by atoms with E-state index in [0.29, 0.717) is 11.7 Å². The summed E-state index contributed by atoms with van der Waals surface area (Å²) in [6, 6.07) is 7.52. The third-order valence-corrected chi connectivity index (χ3v) is 3.07. The molecule has 2 rings (SSSR count). The minimum Gasteiger partial charge on any atom is -0.508 e. The fourth-order valence-corrected chi connectivity index (χ4v) is 2.22. The van der Waals surface area contributed by atoms with Gasteiger partial charge in [-0.1, -0.05) is 18.2 Å². The van der Waals surface area contributed by atoms with E-state index in [1.807, 2.05) is 18.2 Å². The molecule has 1 fully saturated rings. The second-order valence-corrected chi connectivity index (χ2v) is 4.06. The van der Waals surface area contributed by atoms with Gasteiger partial charge in [0.05, 0.1) is 6.10 Å². The Balaban J connectivity index is 2.12. The van der Waals surface area contributed by atoms with Gasteiger partial charge in [0, 0.05) is 0 Å². The van der Waals surface area contributed by atoms with Crippen LogP contribution in [0.15, 0.2) is 24.3 Å². The number of rotatable bonds is 1. The highest BCUT2D eigenvalue weighted by atomic mass is 16.3. The molecule has 2 heteroatoms. The molecule has 0 unspecified atom stereocenters. The molecule has 1 saturated carbocycles. The number of aliphatic hydroxyl groups excluding tert-OH is 1. The van der Waals surface area contributed by atoms with Crippen LogP contribution in [0.3, 0.4) is 0 Å². The van der Waals surface area contributed by atoms with E-state index in [1.54, 1.807) is 6.07 Å². The second-order valence-electron chi connectivity index (χ2n) is 4.06. The van der Waals surface area contributed by atoms with Gasteiger partial charge in [0.1, 0.15) is 5.75 Å². The van der Waals surface area contributed by atoms with Crippen molar-refractivity contribution < 1.29 is 10.2 Å². The quantitative estimate of drug-likeness (QED) is 0.717. The van der Waals surface area contributed by atoms with Gasteiger partial charge in [-0.25, -0.2) is 0 Å². The molecule has 2 nitrogen and oxygen atoms in total. The Morgan fingerprint density at radius 3 is 2.29 bits per heavy atom. The molecular formula is C12H16O2. The van der Waals surface area contributed by atoms with Gasteiger partial charge in [0.2, 0.25) is 0 Å². The highest BCUT2D eigenvalue weighted by molar-refractivity contribution is 5.35. The lowest BCUT2D eigenvalue weighted by molar-refractivity contribution is 0.122. The van der Waals surface area contributed by atoms with Crippen LogP contribution in [-0.4, -0.2) is 16.3 Å². The standard InChI is InChI=1S/C12H16O2/c13-10-7-5-9(6-8-10)11-3-1-2-4-12(11)14/h1-4,9-10,13-14H,5-8H2/t9-,10-. The summed E-state index contributed by atoms with van der Waals surface area (Å²) in [4.78, 5) is 0. The number of hydrogen-bond acceptors (Lipinski definition) is 2. The monoisotopic (exact) mass is 192 g/mol. The second kappa shape index (κ2) is 4.01. The molecule has 76 valence electrons. The smallest absolute Gasteiger partial charge is 0.119 e. The molecule has 2 N–H and O–H groups in total. The number of aromatic hydroxyl groups is 1. The van der Waals surface area contributed by atoms with Crippen LogP contribution >= 0.6 is 0 Å². The zero-order valence-corrected chi connectivity index (χ0v) is 8.19. The van der Waals surface area contributed by atoms with Crippen molar-refractivity contribution in [3.05, 3.63) is 29.8 Å². The molecule has 1 aromatic rings. The molecule has 1 aliphatic rings. The maximum absolute atomic E-state index is 9.67. The minimum atomic E-state index is -0.128. The van der Waals surface area contributed by atoms with Crippen molar-refractivity contribution in [2.45, 2.75) is 37.7 Å². The zero-order valence-electron chi connectivity index (χ0n) is 8.19. The van der Waals surface area contributed by atoms with E-state index in [-0.39, 0.29) is 6.10 Å². The van der Waals surface area contributed by atoms with E-state index in [4.69, 9.17) is 0 Å². The molecule has 0 heterocycles. The van der Waals surface area contributed by atoms with Gasteiger partial charge >= 0.3 is 0 Å². The molecule has 0 atom stereocenters. The number of benzene rings is 1. The first-order valence-electron chi connectivity index (χ1n) is 5.23. The maximum atomic E-state index is 9.67. The van der Waals surface area contributed by atoms with Crippen molar-refractivity contribution in [1.29, 1.82) is 0 Å². The summed E-state index contributed by atoms with van der Waals surface area (Å²) in [6.07, 6.45) is 3.56. The van der Waals surface area contributed by atoms with E-state index in [9.17, 15) is 10.2 Å². The predicted octanol–water partition coefficient (Wildman–Crippen LogP) is 2.41. The Hall–Kier alpha value is -1.02. The number of aliphatic hydroxyl groups is 1. The first kappa shape index (κ1) is 9.53. The van der Waals surface area contributed by atoms with Crippen LogP contribution in [0.2, 0.25) is 0 Å². The van der Waals surface area contributed by atoms with Crippen LogP contribution in [0.1, 0.15) is 37.2 Å². The van der Waals surface area contributed by atoms with Gasteiger partial charge in [-0.2, -0.15) is 0 Å². The summed E-state index contributed by atoms with van der Waals surface area (Å²) in [6.45, 7) is 0. The average molecular weight is 192 g/mol. The first-order valence-corrected chi connectivity index (χ1v) is 5.23. The minimum absolute atomic E-state index is 0.128. The lowest BCUT2D eigenvalue weighted by atomic mass is 9.82. The largest absolute Gasteiger partial charge is 0.508 e. The third-order valence-electron chi connectivity index (χ3n) is 3.07. The van der Waals surface area contributed by atoms with E-state index < -0.39 is 0 Å². The van der Waals surface area contributed by atoms with Crippen LogP contribution in [-0.2, 0) is 0 Å². The summed E-state index contributed by atoms with van der Waals surface area (Å²) in [7, 11) is 0. The van der Waals surface area contributed by atoms with Crippen molar-refractivity contribution in [3.8, 4) is 5.75 Å². The lowest BCUT2D eigenvalue weighted by Gasteiger charge is -2.26. The summed E-state index contributed by atoms with van der Waals surface area (Å²) >= 11 is 0. The van der Waals surface area contributed by atoms with Gasteiger partial charge in [0.15, 0.2) is 0 Å². The molecule has 1 aliphatic carbocycles. The summed E-state index contributed by atoms with van der Waals surface area (Å²) in [5.74, 6) is 0.827. The van der Waals surface area contributed by atoms with Crippen LogP contribution < -0.4 is 0 Å². The van der Waals surface area contributed by atoms with Crippen molar-refractivity contribution in [2.75, 3.05) is 0 Å². The Bertz CT molecular complexity index is 301. The van der Waals surface area contributed by atoms with Gasteiger partial charge in [-0.15, -0.1) is 0 Å². The fraction of sp³-hybridized carbons (Fsp3) is 0.500. The number of phenols is 1. The first-order chi connectivity index (χ1) is 6.77. The van der Waals surface area contributed by atoms with Crippen molar-refractivity contribution in [3.63, 3.8) is 0 Å². The van der Waals surface area contributed by atoms with Crippen LogP contribution in [0.5, 0.6) is 5.75 Å². The fourth-order valence-electron chi connectivity index (χ4n) is 2.22. The summed E-state index contributed by atoms with van der Waals surface area (Å²) in [5.41, 5.74) is 1.04. The Morgan fingerprint density at radius 2 is 1.64 bits per heavy atom. The van der Waals surface area contributed by atoms with E-state index in [0.717, 1.165) is 31.2 Å². The third kappa shape index (κ3) is 1.90. The maximum Gasteiger partial charge on any atom is 0.119 e. The topological polar surface area (TPSA) is 40.5 Å². The van der Waals surface area contributed by atoms with E-state index in [1.165, 1.54) is 0 Å². The SMILES string of the molecule is Oc1ccccc1[C@H]1CC[C@H](O)CC1. The summed E-state index contributed by atoms with van der Waals surface area (Å²) in [5, 5.41) is 19.0. The molecule has 0 bridgehead atoms. The van der Waals surface area contributed by atoms with Crippen molar-refractivity contribution >= 4 is 0 Å².